The summed E-state index contributed by atoms with van der Waals surface area (Å²) >= 11 is 0. The highest BCUT2D eigenvalue weighted by Gasteiger charge is 2.23. The highest BCUT2D eigenvalue weighted by Crippen LogP contribution is 2.34. The summed E-state index contributed by atoms with van der Waals surface area (Å²) in [6.45, 7) is 6.62. The second kappa shape index (κ2) is 8.46. The molecule has 7 heteroatoms. The molecule has 1 aliphatic rings. The number of halogens is 2. The first-order chi connectivity index (χ1) is 13.3. The monoisotopic (exact) mass is 390 g/mol. The van der Waals surface area contributed by atoms with Crippen molar-refractivity contribution in [2.45, 2.75) is 32.9 Å². The highest BCUT2D eigenvalue weighted by molar-refractivity contribution is 5.75. The van der Waals surface area contributed by atoms with Crippen LogP contribution in [0, 0.1) is 17.6 Å². The van der Waals surface area contributed by atoms with Crippen LogP contribution in [0.25, 0.3) is 0 Å². The van der Waals surface area contributed by atoms with Gasteiger partial charge in [0, 0.05) is 11.6 Å². The Morgan fingerprint density at radius 3 is 2.36 bits per heavy atom. The van der Waals surface area contributed by atoms with E-state index in [0.29, 0.717) is 24.7 Å². The van der Waals surface area contributed by atoms with Gasteiger partial charge in [0.2, 0.25) is 0 Å². The molecule has 150 valence electrons. The van der Waals surface area contributed by atoms with Crippen molar-refractivity contribution in [1.82, 2.24) is 10.6 Å². The second-order valence-corrected chi connectivity index (χ2v) is 7.13. The molecule has 2 aromatic rings. The van der Waals surface area contributed by atoms with Gasteiger partial charge in [-0.1, -0.05) is 26.0 Å². The third-order valence-corrected chi connectivity index (χ3v) is 4.66. The van der Waals surface area contributed by atoms with Crippen LogP contribution < -0.4 is 20.1 Å². The van der Waals surface area contributed by atoms with Crippen molar-refractivity contribution in [3.63, 3.8) is 0 Å². The van der Waals surface area contributed by atoms with E-state index in [1.807, 2.05) is 32.0 Å². The number of benzene rings is 2. The summed E-state index contributed by atoms with van der Waals surface area (Å²) in [5.74, 6) is 0.0864. The van der Waals surface area contributed by atoms with Gasteiger partial charge in [-0.3, -0.25) is 0 Å². The lowest BCUT2D eigenvalue weighted by Crippen LogP contribution is -2.41. The van der Waals surface area contributed by atoms with E-state index in [0.717, 1.165) is 11.6 Å². The highest BCUT2D eigenvalue weighted by atomic mass is 19.1. The Balaban J connectivity index is 1.71. The number of fused-ring (bicyclic) bond motifs is 1. The molecule has 3 rings (SSSR count). The minimum Gasteiger partial charge on any atom is -0.486 e. The number of urea groups is 1. The van der Waals surface area contributed by atoms with Crippen molar-refractivity contribution in [1.29, 1.82) is 0 Å². The zero-order valence-electron chi connectivity index (χ0n) is 16.1. The predicted molar refractivity (Wildman–Crippen MR) is 101 cm³/mol. The third-order valence-electron chi connectivity index (χ3n) is 4.66. The average molecular weight is 390 g/mol. The van der Waals surface area contributed by atoms with Crippen molar-refractivity contribution < 1.29 is 23.0 Å². The number of carbonyl (C=O) groups is 1. The summed E-state index contributed by atoms with van der Waals surface area (Å²) in [5, 5.41) is 5.63. The van der Waals surface area contributed by atoms with Crippen LogP contribution in [0.2, 0.25) is 0 Å². The van der Waals surface area contributed by atoms with E-state index in [2.05, 4.69) is 10.6 Å². The minimum atomic E-state index is -0.694. The fourth-order valence-corrected chi connectivity index (χ4v) is 3.20. The predicted octanol–water partition coefficient (Wildman–Crippen LogP) is 4.49. The first-order valence-corrected chi connectivity index (χ1v) is 9.26. The van der Waals surface area contributed by atoms with Gasteiger partial charge in [0.1, 0.15) is 24.8 Å². The normalized spacial score (nSPS) is 15.1. The molecule has 0 saturated carbocycles. The Bertz CT molecular complexity index is 858. The van der Waals surface area contributed by atoms with E-state index in [4.69, 9.17) is 9.47 Å². The van der Waals surface area contributed by atoms with Gasteiger partial charge in [-0.05, 0) is 36.6 Å². The second-order valence-electron chi connectivity index (χ2n) is 7.13. The van der Waals surface area contributed by atoms with E-state index < -0.39 is 23.7 Å². The molecule has 2 N–H and O–H groups in total. The summed E-state index contributed by atoms with van der Waals surface area (Å²) < 4.78 is 38.2. The van der Waals surface area contributed by atoms with E-state index in [-0.39, 0.29) is 17.5 Å². The standard InChI is InChI=1S/C21H24F2N2O3/c1-12(2)20(14-4-7-18-19(10-14)28-9-8-27-18)25-21(26)24-13(3)16-6-5-15(22)11-17(16)23/h4-7,10-13,20H,8-9H2,1-3H3,(H2,24,25,26)/t13-,20+/m0/s1. The largest absolute Gasteiger partial charge is 0.486 e. The summed E-state index contributed by atoms with van der Waals surface area (Å²) in [4.78, 5) is 12.5. The van der Waals surface area contributed by atoms with Crippen LogP contribution >= 0.6 is 0 Å². The van der Waals surface area contributed by atoms with Crippen LogP contribution in [0.4, 0.5) is 13.6 Å². The fraction of sp³-hybridized carbons (Fsp3) is 0.381. The van der Waals surface area contributed by atoms with Gasteiger partial charge in [-0.2, -0.15) is 0 Å². The SMILES string of the molecule is CC(C)[C@@H](NC(=O)N[C@@H](C)c1ccc(F)cc1F)c1ccc2c(c1)OCCO2. The lowest BCUT2D eigenvalue weighted by Gasteiger charge is -2.26. The number of hydrogen-bond acceptors (Lipinski definition) is 3. The molecule has 1 heterocycles. The lowest BCUT2D eigenvalue weighted by molar-refractivity contribution is 0.171. The maximum Gasteiger partial charge on any atom is 0.315 e. The number of rotatable bonds is 5. The van der Waals surface area contributed by atoms with E-state index in [1.165, 1.54) is 12.1 Å². The molecule has 0 aromatic heterocycles. The van der Waals surface area contributed by atoms with Crippen molar-refractivity contribution in [3.05, 3.63) is 59.2 Å². The summed E-state index contributed by atoms with van der Waals surface area (Å²) in [5.41, 5.74) is 1.10. The Morgan fingerprint density at radius 2 is 1.68 bits per heavy atom. The van der Waals surface area contributed by atoms with Crippen molar-refractivity contribution >= 4 is 6.03 Å². The first-order valence-electron chi connectivity index (χ1n) is 9.26. The molecule has 2 atom stereocenters. The lowest BCUT2D eigenvalue weighted by atomic mass is 9.95. The maximum atomic E-state index is 13.9. The maximum absolute atomic E-state index is 13.9. The fourth-order valence-electron chi connectivity index (χ4n) is 3.20. The number of ether oxygens (including phenoxy) is 2. The number of nitrogens with one attached hydrogen (secondary N) is 2. The van der Waals surface area contributed by atoms with Gasteiger partial charge < -0.3 is 20.1 Å². The van der Waals surface area contributed by atoms with Gasteiger partial charge in [-0.25, -0.2) is 13.6 Å². The Kier molecular flexibility index (Phi) is 6.02. The van der Waals surface area contributed by atoms with Gasteiger partial charge >= 0.3 is 6.03 Å². The zero-order chi connectivity index (χ0) is 20.3. The Morgan fingerprint density at radius 1 is 0.964 bits per heavy atom. The molecule has 0 aliphatic carbocycles. The molecular weight excluding hydrogens is 366 g/mol. The van der Waals surface area contributed by atoms with Gasteiger partial charge in [0.15, 0.2) is 11.5 Å². The molecule has 2 aromatic carbocycles. The number of carbonyl (C=O) groups excluding carboxylic acids is 1. The molecule has 0 unspecified atom stereocenters. The van der Waals surface area contributed by atoms with Crippen molar-refractivity contribution in [3.8, 4) is 11.5 Å². The molecule has 5 nitrogen and oxygen atoms in total. The smallest absolute Gasteiger partial charge is 0.315 e. The molecule has 0 saturated heterocycles. The van der Waals surface area contributed by atoms with Gasteiger partial charge in [0.25, 0.3) is 0 Å². The van der Waals surface area contributed by atoms with Crippen LogP contribution in [0.15, 0.2) is 36.4 Å². The molecule has 0 bridgehead atoms. The van der Waals surface area contributed by atoms with E-state index >= 15 is 0 Å². The summed E-state index contributed by atoms with van der Waals surface area (Å²) in [6, 6.07) is 7.55. The number of amides is 2. The molecule has 0 spiro atoms. The van der Waals surface area contributed by atoms with Crippen LogP contribution in [0.3, 0.4) is 0 Å². The average Bonchev–Trinajstić information content (AvgIpc) is 2.65. The van der Waals surface area contributed by atoms with Crippen LogP contribution in [-0.2, 0) is 0 Å². The number of hydrogen-bond donors (Lipinski definition) is 2. The molecule has 28 heavy (non-hydrogen) atoms. The zero-order valence-corrected chi connectivity index (χ0v) is 16.1. The molecule has 0 radical (unpaired) electrons. The Labute approximate surface area is 163 Å². The van der Waals surface area contributed by atoms with Gasteiger partial charge in [0.05, 0.1) is 12.1 Å². The Hall–Kier alpha value is -2.83. The third kappa shape index (κ3) is 4.52. The van der Waals surface area contributed by atoms with Crippen molar-refractivity contribution in [2.75, 3.05) is 13.2 Å². The molecule has 1 aliphatic heterocycles. The quantitative estimate of drug-likeness (QED) is 0.791. The van der Waals surface area contributed by atoms with E-state index in [1.54, 1.807) is 6.92 Å². The van der Waals surface area contributed by atoms with Crippen LogP contribution in [0.5, 0.6) is 11.5 Å². The molecular formula is C21H24F2N2O3. The summed E-state index contributed by atoms with van der Waals surface area (Å²) in [6.07, 6.45) is 0. The molecule has 2 amide bonds. The first kappa shape index (κ1) is 19.9. The molecule has 0 fully saturated rings. The summed E-state index contributed by atoms with van der Waals surface area (Å²) in [7, 11) is 0. The van der Waals surface area contributed by atoms with Gasteiger partial charge in [-0.15, -0.1) is 0 Å². The van der Waals surface area contributed by atoms with Crippen LogP contribution in [0.1, 0.15) is 44.0 Å². The van der Waals surface area contributed by atoms with Crippen molar-refractivity contribution in [2.24, 2.45) is 5.92 Å². The minimum absolute atomic E-state index is 0.103. The van der Waals surface area contributed by atoms with E-state index in [9.17, 15) is 13.6 Å². The topological polar surface area (TPSA) is 59.6 Å². The van der Waals surface area contributed by atoms with Crippen LogP contribution in [-0.4, -0.2) is 19.2 Å².